The highest BCUT2D eigenvalue weighted by molar-refractivity contribution is 6.74. The minimum Gasteiger partial charge on any atom is -0.469 e. The lowest BCUT2D eigenvalue weighted by Crippen LogP contribution is -2.40. The lowest BCUT2D eigenvalue weighted by atomic mass is 9.88. The Morgan fingerprint density at radius 2 is 2.04 bits per heavy atom. The van der Waals surface area contributed by atoms with Crippen molar-refractivity contribution in [3.8, 4) is 0 Å². The summed E-state index contributed by atoms with van der Waals surface area (Å²) in [5, 5.41) is 4.97. The van der Waals surface area contributed by atoms with Crippen molar-refractivity contribution in [3.05, 3.63) is 17.5 Å². The predicted molar refractivity (Wildman–Crippen MR) is 107 cm³/mol. The normalized spacial score (nSPS) is 17.8. The molecule has 0 aliphatic heterocycles. The van der Waals surface area contributed by atoms with Crippen LogP contribution in [-0.4, -0.2) is 37.8 Å². The van der Waals surface area contributed by atoms with E-state index in [9.17, 15) is 4.79 Å². The van der Waals surface area contributed by atoms with Crippen molar-refractivity contribution in [1.29, 1.82) is 0 Å². The van der Waals surface area contributed by atoms with E-state index in [0.29, 0.717) is 0 Å². The summed E-state index contributed by atoms with van der Waals surface area (Å²) in [6.07, 6.45) is 8.06. The summed E-state index contributed by atoms with van der Waals surface area (Å²) in [6.45, 7) is 13.3. The molecule has 0 aromatic carbocycles. The van der Waals surface area contributed by atoms with Gasteiger partial charge in [0.1, 0.15) is 0 Å². The molecule has 0 amide bonds. The molecule has 1 aromatic heterocycles. The van der Waals surface area contributed by atoms with Gasteiger partial charge in [0, 0.05) is 25.8 Å². The number of aromatic nitrogens is 2. The Hall–Kier alpha value is -1.14. The van der Waals surface area contributed by atoms with Gasteiger partial charge in [0.2, 0.25) is 0 Å². The second kappa shape index (κ2) is 8.70. The molecule has 6 heteroatoms. The molecule has 0 radical (unpaired) electrons. The molecule has 0 bridgehead atoms. The summed E-state index contributed by atoms with van der Waals surface area (Å²) < 4.78 is 13.2. The molecule has 1 unspecified atom stereocenters. The van der Waals surface area contributed by atoms with Crippen LogP contribution in [0.15, 0.2) is 6.20 Å². The zero-order valence-corrected chi connectivity index (χ0v) is 18.4. The van der Waals surface area contributed by atoms with Gasteiger partial charge in [-0.05, 0) is 55.8 Å². The topological polar surface area (TPSA) is 53.4 Å². The summed E-state index contributed by atoms with van der Waals surface area (Å²) in [4.78, 5) is 11.7. The number of ether oxygens (including phenoxy) is 1. The molecule has 0 fully saturated rings. The molecule has 148 valence electrons. The first kappa shape index (κ1) is 21.2. The van der Waals surface area contributed by atoms with Gasteiger partial charge < -0.3 is 9.16 Å². The van der Waals surface area contributed by atoms with Crippen molar-refractivity contribution < 1.29 is 14.0 Å². The third-order valence-electron chi connectivity index (χ3n) is 5.96. The summed E-state index contributed by atoms with van der Waals surface area (Å²) in [5.74, 6) is -0.129. The van der Waals surface area contributed by atoms with E-state index in [-0.39, 0.29) is 16.9 Å². The van der Waals surface area contributed by atoms with Crippen LogP contribution in [0.3, 0.4) is 0 Å². The Labute approximate surface area is 159 Å². The SMILES string of the molecule is COC(=O)C1CCc2cn(CCCCCO[Si](C)(C)C(C)(C)C)nc2C1. The molecular weight excluding hydrogens is 344 g/mol. The molecule has 1 heterocycles. The van der Waals surface area contributed by atoms with Crippen molar-refractivity contribution in [1.82, 2.24) is 9.78 Å². The molecule has 1 atom stereocenters. The number of nitrogens with zero attached hydrogens (tertiary/aromatic N) is 2. The molecule has 1 aliphatic carbocycles. The molecule has 0 saturated carbocycles. The fourth-order valence-corrected chi connectivity index (χ4v) is 4.22. The number of rotatable bonds is 8. The van der Waals surface area contributed by atoms with E-state index in [1.165, 1.54) is 12.7 Å². The maximum absolute atomic E-state index is 11.7. The van der Waals surface area contributed by atoms with Gasteiger partial charge in [-0.3, -0.25) is 9.48 Å². The van der Waals surface area contributed by atoms with Gasteiger partial charge in [0.25, 0.3) is 0 Å². The first-order chi connectivity index (χ1) is 12.1. The van der Waals surface area contributed by atoms with Crippen LogP contribution in [0.25, 0.3) is 0 Å². The summed E-state index contributed by atoms with van der Waals surface area (Å²) >= 11 is 0. The van der Waals surface area contributed by atoms with Crippen LogP contribution in [0.1, 0.15) is 57.7 Å². The number of unbranched alkanes of at least 4 members (excludes halogenated alkanes) is 2. The zero-order valence-electron chi connectivity index (χ0n) is 17.4. The molecule has 0 spiro atoms. The van der Waals surface area contributed by atoms with Gasteiger partial charge in [-0.25, -0.2) is 0 Å². The van der Waals surface area contributed by atoms with E-state index >= 15 is 0 Å². The molecule has 2 rings (SSSR count). The number of methoxy groups -OCH3 is 1. The van der Waals surface area contributed by atoms with Crippen LogP contribution < -0.4 is 0 Å². The van der Waals surface area contributed by atoms with Crippen molar-refractivity contribution in [2.45, 2.75) is 84.0 Å². The number of carbonyl (C=O) groups excluding carboxylic acids is 1. The average molecular weight is 381 g/mol. The number of aryl methyl sites for hydroxylation is 2. The average Bonchev–Trinajstić information content (AvgIpc) is 2.97. The Balaban J connectivity index is 1.70. The highest BCUT2D eigenvalue weighted by atomic mass is 28.4. The van der Waals surface area contributed by atoms with Crippen molar-refractivity contribution in [3.63, 3.8) is 0 Å². The number of fused-ring (bicyclic) bond motifs is 1. The van der Waals surface area contributed by atoms with Gasteiger partial charge >= 0.3 is 5.97 Å². The number of carbonyl (C=O) groups is 1. The number of hydrogen-bond donors (Lipinski definition) is 0. The third-order valence-corrected chi connectivity index (χ3v) is 10.5. The van der Waals surface area contributed by atoms with Crippen LogP contribution in [0.5, 0.6) is 0 Å². The van der Waals surface area contributed by atoms with E-state index in [1.807, 2.05) is 0 Å². The number of esters is 1. The van der Waals surface area contributed by atoms with Crippen LogP contribution in [0.4, 0.5) is 0 Å². The van der Waals surface area contributed by atoms with Crippen molar-refractivity contribution in [2.24, 2.45) is 5.92 Å². The third kappa shape index (κ3) is 5.43. The van der Waals surface area contributed by atoms with Crippen LogP contribution in [0.2, 0.25) is 18.1 Å². The Kier molecular flexibility index (Phi) is 7.08. The minimum absolute atomic E-state index is 0.0247. The first-order valence-corrected chi connectivity index (χ1v) is 12.8. The summed E-state index contributed by atoms with van der Waals surface area (Å²) in [5.41, 5.74) is 2.37. The van der Waals surface area contributed by atoms with Gasteiger partial charge in [-0.1, -0.05) is 20.8 Å². The molecule has 26 heavy (non-hydrogen) atoms. The molecule has 5 nitrogen and oxygen atoms in total. The quantitative estimate of drug-likeness (QED) is 0.382. The predicted octanol–water partition coefficient (Wildman–Crippen LogP) is 4.35. The molecule has 1 aliphatic rings. The smallest absolute Gasteiger partial charge is 0.309 e. The first-order valence-electron chi connectivity index (χ1n) is 9.91. The summed E-state index contributed by atoms with van der Waals surface area (Å²) in [6, 6.07) is 0. The van der Waals surface area contributed by atoms with Gasteiger partial charge in [-0.2, -0.15) is 5.10 Å². The maximum Gasteiger partial charge on any atom is 0.309 e. The standard InChI is InChI=1S/C20H36N2O3Si/c1-20(2,3)26(5,6)25-13-9-7-8-12-22-15-17-11-10-16(19(23)24-4)14-18(17)21-22/h15-16H,7-14H2,1-6H3. The van der Waals surface area contributed by atoms with Crippen LogP contribution in [-0.2, 0) is 33.3 Å². The summed E-state index contributed by atoms with van der Waals surface area (Å²) in [7, 11) is -0.147. The van der Waals surface area contributed by atoms with Crippen LogP contribution >= 0.6 is 0 Å². The number of hydrogen-bond acceptors (Lipinski definition) is 4. The van der Waals surface area contributed by atoms with Crippen molar-refractivity contribution >= 4 is 14.3 Å². The van der Waals surface area contributed by atoms with Gasteiger partial charge in [0.05, 0.1) is 18.7 Å². The van der Waals surface area contributed by atoms with E-state index in [1.54, 1.807) is 0 Å². The molecular formula is C20H36N2O3Si. The van der Waals surface area contributed by atoms with E-state index in [2.05, 4.69) is 44.7 Å². The minimum atomic E-state index is -1.61. The van der Waals surface area contributed by atoms with E-state index < -0.39 is 8.32 Å². The second-order valence-electron chi connectivity index (χ2n) is 9.00. The Morgan fingerprint density at radius 3 is 2.69 bits per heavy atom. The van der Waals surface area contributed by atoms with E-state index in [0.717, 1.165) is 57.4 Å². The van der Waals surface area contributed by atoms with E-state index in [4.69, 9.17) is 14.3 Å². The largest absolute Gasteiger partial charge is 0.469 e. The fourth-order valence-electron chi connectivity index (χ4n) is 3.13. The van der Waals surface area contributed by atoms with Crippen molar-refractivity contribution in [2.75, 3.05) is 13.7 Å². The Morgan fingerprint density at radius 1 is 1.31 bits per heavy atom. The zero-order chi connectivity index (χ0) is 19.4. The lowest BCUT2D eigenvalue weighted by Gasteiger charge is -2.36. The second-order valence-corrected chi connectivity index (χ2v) is 13.8. The highest BCUT2D eigenvalue weighted by Crippen LogP contribution is 2.36. The highest BCUT2D eigenvalue weighted by Gasteiger charge is 2.36. The monoisotopic (exact) mass is 380 g/mol. The fraction of sp³-hybridized carbons (Fsp3) is 0.800. The maximum atomic E-state index is 11.7. The van der Waals surface area contributed by atoms with Crippen LogP contribution in [0, 0.1) is 5.92 Å². The van der Waals surface area contributed by atoms with Gasteiger partial charge in [-0.15, -0.1) is 0 Å². The molecule has 1 aromatic rings. The van der Waals surface area contributed by atoms with Gasteiger partial charge in [0.15, 0.2) is 8.32 Å². The molecule has 0 N–H and O–H groups in total. The lowest BCUT2D eigenvalue weighted by molar-refractivity contribution is -0.145. The molecule has 0 saturated heterocycles. The Bertz CT molecular complexity index is 605.